The van der Waals surface area contributed by atoms with Gasteiger partial charge in [-0.2, -0.15) is 0 Å². The Bertz CT molecular complexity index is 1210. The average Bonchev–Trinajstić information content (AvgIpc) is 3.29. The van der Waals surface area contributed by atoms with Gasteiger partial charge in [-0.1, -0.05) is 36.0 Å². The highest BCUT2D eigenvalue weighted by atomic mass is 32.2. The number of hydrogen-bond donors (Lipinski definition) is 2. The molecule has 0 unspecified atom stereocenters. The molecule has 12 heteroatoms. The molecule has 176 valence electrons. The van der Waals surface area contributed by atoms with E-state index in [1.54, 1.807) is 48.5 Å². The number of amides is 2. The summed E-state index contributed by atoms with van der Waals surface area (Å²) in [7, 11) is 2.51. The molecule has 0 aliphatic carbocycles. The van der Waals surface area contributed by atoms with Gasteiger partial charge in [-0.15, -0.1) is 10.2 Å². The highest BCUT2D eigenvalue weighted by Crippen LogP contribution is 2.20. The number of ether oxygens (including phenoxy) is 2. The van der Waals surface area contributed by atoms with Gasteiger partial charge in [-0.25, -0.2) is 9.59 Å². The molecule has 0 fully saturated rings. The van der Waals surface area contributed by atoms with E-state index in [1.807, 2.05) is 0 Å². The van der Waals surface area contributed by atoms with Crippen LogP contribution in [0.15, 0.2) is 60.0 Å². The minimum Gasteiger partial charge on any atom is -0.465 e. The predicted molar refractivity (Wildman–Crippen MR) is 124 cm³/mol. The third-order valence-electron chi connectivity index (χ3n) is 4.44. The normalized spacial score (nSPS) is 10.3. The zero-order chi connectivity index (χ0) is 24.5. The minimum atomic E-state index is -0.573. The second kappa shape index (κ2) is 11.6. The summed E-state index contributed by atoms with van der Waals surface area (Å²) in [4.78, 5) is 48.7. The second-order valence-corrected chi connectivity index (χ2v) is 7.64. The number of rotatable bonds is 9. The van der Waals surface area contributed by atoms with Crippen LogP contribution in [0.5, 0.6) is 0 Å². The predicted octanol–water partition coefficient (Wildman–Crippen LogP) is 2.22. The van der Waals surface area contributed by atoms with Gasteiger partial charge in [-0.3, -0.25) is 14.2 Å². The van der Waals surface area contributed by atoms with Crippen molar-refractivity contribution in [2.75, 3.05) is 30.6 Å². The van der Waals surface area contributed by atoms with Gasteiger partial charge in [0.05, 0.1) is 42.5 Å². The lowest BCUT2D eigenvalue weighted by Gasteiger charge is -2.11. The highest BCUT2D eigenvalue weighted by Gasteiger charge is 2.17. The SMILES string of the molecule is COC(=O)c1ccccc1NC(=O)CSc1nncn1CC(=O)Nc1ccccc1C(=O)OC. The van der Waals surface area contributed by atoms with Crippen molar-refractivity contribution in [2.45, 2.75) is 11.7 Å². The number of nitrogens with one attached hydrogen (secondary N) is 2. The fourth-order valence-electron chi connectivity index (χ4n) is 2.89. The van der Waals surface area contributed by atoms with Crippen LogP contribution in [-0.2, 0) is 25.6 Å². The molecule has 1 aromatic heterocycles. The third-order valence-corrected chi connectivity index (χ3v) is 5.42. The molecular formula is C22H21N5O6S. The minimum absolute atomic E-state index is 0.0407. The summed E-state index contributed by atoms with van der Waals surface area (Å²) >= 11 is 1.07. The van der Waals surface area contributed by atoms with Gasteiger partial charge in [0.15, 0.2) is 5.16 Å². The number of thioether (sulfide) groups is 1. The molecule has 0 saturated heterocycles. The first kappa shape index (κ1) is 24.5. The Kier molecular flexibility index (Phi) is 8.35. The van der Waals surface area contributed by atoms with E-state index >= 15 is 0 Å². The summed E-state index contributed by atoms with van der Waals surface area (Å²) in [5.74, 6) is -1.98. The number of hydrogen-bond acceptors (Lipinski definition) is 9. The number of methoxy groups -OCH3 is 2. The summed E-state index contributed by atoms with van der Waals surface area (Å²) in [6.45, 7) is -0.141. The van der Waals surface area contributed by atoms with Gasteiger partial charge in [0.2, 0.25) is 11.8 Å². The fourth-order valence-corrected chi connectivity index (χ4v) is 3.60. The molecule has 2 aromatic carbocycles. The van der Waals surface area contributed by atoms with E-state index in [2.05, 4.69) is 20.8 Å². The van der Waals surface area contributed by atoms with Crippen LogP contribution in [0, 0.1) is 0 Å². The molecule has 1 heterocycles. The summed E-state index contributed by atoms with van der Waals surface area (Å²) < 4.78 is 10.9. The van der Waals surface area contributed by atoms with Crippen molar-refractivity contribution in [3.63, 3.8) is 0 Å². The monoisotopic (exact) mass is 483 g/mol. The van der Waals surface area contributed by atoms with Crippen LogP contribution < -0.4 is 10.6 Å². The number of para-hydroxylation sites is 2. The lowest BCUT2D eigenvalue weighted by molar-refractivity contribution is -0.117. The summed E-state index contributed by atoms with van der Waals surface area (Å²) in [5, 5.41) is 13.4. The van der Waals surface area contributed by atoms with Crippen LogP contribution in [0.2, 0.25) is 0 Å². The Morgan fingerprint density at radius 2 is 1.38 bits per heavy atom. The summed E-state index contributed by atoms with van der Waals surface area (Å²) in [5.41, 5.74) is 1.09. The Morgan fingerprint density at radius 1 is 0.853 bits per heavy atom. The van der Waals surface area contributed by atoms with E-state index in [0.717, 1.165) is 11.8 Å². The van der Waals surface area contributed by atoms with Crippen molar-refractivity contribution >= 4 is 46.9 Å². The maximum atomic E-state index is 12.5. The molecule has 11 nitrogen and oxygen atoms in total. The zero-order valence-corrected chi connectivity index (χ0v) is 19.1. The third kappa shape index (κ3) is 6.19. The van der Waals surface area contributed by atoms with Crippen LogP contribution in [0.3, 0.4) is 0 Å². The number of carbonyl (C=O) groups is 4. The van der Waals surface area contributed by atoms with Gasteiger partial charge >= 0.3 is 11.9 Å². The second-order valence-electron chi connectivity index (χ2n) is 6.70. The largest absolute Gasteiger partial charge is 0.465 e. The molecule has 0 bridgehead atoms. The first-order valence-corrected chi connectivity index (χ1v) is 10.9. The molecule has 34 heavy (non-hydrogen) atoms. The van der Waals surface area contributed by atoms with E-state index in [9.17, 15) is 19.2 Å². The number of aromatic nitrogens is 3. The van der Waals surface area contributed by atoms with Gasteiger partial charge in [0, 0.05) is 0 Å². The van der Waals surface area contributed by atoms with Crippen LogP contribution >= 0.6 is 11.8 Å². The Labute approximate surface area is 198 Å². The topological polar surface area (TPSA) is 142 Å². The molecule has 0 atom stereocenters. The average molecular weight is 484 g/mol. The quantitative estimate of drug-likeness (QED) is 0.346. The first-order valence-electron chi connectivity index (χ1n) is 9.88. The van der Waals surface area contributed by atoms with Gasteiger partial charge in [0.1, 0.15) is 12.9 Å². The van der Waals surface area contributed by atoms with E-state index in [1.165, 1.54) is 25.1 Å². The summed E-state index contributed by atoms with van der Waals surface area (Å²) in [6, 6.07) is 12.9. The molecule has 2 N–H and O–H groups in total. The van der Waals surface area contributed by atoms with E-state index in [-0.39, 0.29) is 29.3 Å². The fraction of sp³-hybridized carbons (Fsp3) is 0.182. The molecule has 0 radical (unpaired) electrons. The van der Waals surface area contributed by atoms with Gasteiger partial charge in [-0.05, 0) is 24.3 Å². The van der Waals surface area contributed by atoms with Crippen molar-refractivity contribution in [1.82, 2.24) is 14.8 Å². The Hall–Kier alpha value is -4.19. The van der Waals surface area contributed by atoms with Crippen molar-refractivity contribution in [3.8, 4) is 0 Å². The molecule has 0 spiro atoms. The van der Waals surface area contributed by atoms with Crippen LogP contribution in [0.25, 0.3) is 0 Å². The van der Waals surface area contributed by atoms with Crippen molar-refractivity contribution in [1.29, 1.82) is 0 Å². The first-order chi connectivity index (χ1) is 16.4. The van der Waals surface area contributed by atoms with Crippen LogP contribution in [-0.4, -0.2) is 58.5 Å². The van der Waals surface area contributed by atoms with Gasteiger partial charge in [0.25, 0.3) is 0 Å². The smallest absolute Gasteiger partial charge is 0.339 e. The number of anilines is 2. The maximum Gasteiger partial charge on any atom is 0.339 e. The molecule has 0 aliphatic heterocycles. The zero-order valence-electron chi connectivity index (χ0n) is 18.3. The van der Waals surface area contributed by atoms with E-state index in [0.29, 0.717) is 16.5 Å². The molecular weight excluding hydrogens is 462 g/mol. The standard InChI is InChI=1S/C22H21N5O6S/c1-32-20(30)14-7-3-5-9-16(14)24-18(28)11-27-13-23-26-22(27)34-12-19(29)25-17-10-6-4-8-15(17)21(31)33-2/h3-10,13H,11-12H2,1-2H3,(H,24,28)(H,25,29). The highest BCUT2D eigenvalue weighted by molar-refractivity contribution is 7.99. The molecule has 3 rings (SSSR count). The Morgan fingerprint density at radius 3 is 1.94 bits per heavy atom. The maximum absolute atomic E-state index is 12.5. The molecule has 2 amide bonds. The Balaban J connectivity index is 1.60. The van der Waals surface area contributed by atoms with Crippen LogP contribution in [0.1, 0.15) is 20.7 Å². The molecule has 0 aliphatic rings. The summed E-state index contributed by atoms with van der Waals surface area (Å²) in [6.07, 6.45) is 1.36. The number of esters is 2. The lowest BCUT2D eigenvalue weighted by Crippen LogP contribution is -2.21. The van der Waals surface area contributed by atoms with E-state index in [4.69, 9.17) is 9.47 Å². The van der Waals surface area contributed by atoms with Crippen molar-refractivity contribution in [2.24, 2.45) is 0 Å². The van der Waals surface area contributed by atoms with E-state index < -0.39 is 17.8 Å². The van der Waals surface area contributed by atoms with Crippen LogP contribution in [0.4, 0.5) is 11.4 Å². The molecule has 0 saturated carbocycles. The lowest BCUT2D eigenvalue weighted by atomic mass is 10.2. The van der Waals surface area contributed by atoms with Crippen molar-refractivity contribution in [3.05, 3.63) is 66.0 Å². The number of carbonyl (C=O) groups excluding carboxylic acids is 4. The molecule has 3 aromatic rings. The van der Waals surface area contributed by atoms with Crippen molar-refractivity contribution < 1.29 is 28.7 Å². The van der Waals surface area contributed by atoms with Gasteiger partial charge < -0.3 is 20.1 Å². The number of benzene rings is 2. The number of nitrogens with zero attached hydrogens (tertiary/aromatic N) is 3.